The number of phenolic OH excluding ortho intramolecular Hbond substituents is 1. The van der Waals surface area contributed by atoms with E-state index in [-0.39, 0.29) is 18.2 Å². The number of para-hydroxylation sites is 2. The van der Waals surface area contributed by atoms with Crippen molar-refractivity contribution in [3.8, 4) is 5.75 Å². The number of thiophene rings is 1. The minimum Gasteiger partial charge on any atom is -0.506 e. The maximum atomic E-state index is 12.4. The zero-order chi connectivity index (χ0) is 19.2. The van der Waals surface area contributed by atoms with E-state index in [1.807, 2.05) is 12.1 Å². The first kappa shape index (κ1) is 19.2. The molecule has 144 valence electrons. The molecule has 1 fully saturated rings. The molecule has 0 saturated carbocycles. The third-order valence-electron chi connectivity index (χ3n) is 4.38. The molecule has 1 saturated heterocycles. The number of hydrogen-bond donors (Lipinski definition) is 2. The average molecular weight is 389 g/mol. The predicted octanol–water partition coefficient (Wildman–Crippen LogP) is 2.39. The second-order valence-electron chi connectivity index (χ2n) is 6.18. The number of phenols is 1. The Kier molecular flexibility index (Phi) is 6.31. The zero-order valence-corrected chi connectivity index (χ0v) is 16.0. The summed E-state index contributed by atoms with van der Waals surface area (Å²) in [6.45, 7) is 5.21. The molecule has 2 heterocycles. The van der Waals surface area contributed by atoms with Gasteiger partial charge in [0.25, 0.3) is 0 Å². The van der Waals surface area contributed by atoms with Crippen molar-refractivity contribution in [2.24, 2.45) is 0 Å². The van der Waals surface area contributed by atoms with Crippen LogP contribution in [0, 0.1) is 0 Å². The van der Waals surface area contributed by atoms with E-state index in [4.69, 9.17) is 4.74 Å². The lowest BCUT2D eigenvalue weighted by atomic mass is 10.2. The molecule has 8 heteroatoms. The van der Waals surface area contributed by atoms with Crippen molar-refractivity contribution in [3.05, 3.63) is 41.3 Å². The van der Waals surface area contributed by atoms with Gasteiger partial charge in [0.05, 0.1) is 24.4 Å². The molecule has 1 aliphatic rings. The number of carbonyl (C=O) groups is 2. The second kappa shape index (κ2) is 8.88. The fourth-order valence-electron chi connectivity index (χ4n) is 3.02. The van der Waals surface area contributed by atoms with Crippen molar-refractivity contribution < 1.29 is 19.4 Å². The molecule has 7 nitrogen and oxygen atoms in total. The van der Waals surface area contributed by atoms with Crippen molar-refractivity contribution in [2.45, 2.75) is 6.92 Å². The van der Waals surface area contributed by atoms with Crippen molar-refractivity contribution in [3.63, 3.8) is 0 Å². The summed E-state index contributed by atoms with van der Waals surface area (Å²) in [4.78, 5) is 28.4. The molecule has 1 aromatic carbocycles. The van der Waals surface area contributed by atoms with E-state index in [0.717, 1.165) is 31.9 Å². The third-order valence-corrected chi connectivity index (χ3v) is 5.21. The van der Waals surface area contributed by atoms with Crippen LogP contribution in [0.1, 0.15) is 17.3 Å². The molecule has 0 radical (unpaired) electrons. The largest absolute Gasteiger partial charge is 0.506 e. The number of amides is 1. The number of benzene rings is 1. The Bertz CT molecular complexity index is 800. The van der Waals surface area contributed by atoms with E-state index in [1.165, 1.54) is 11.3 Å². The molecule has 1 amide bonds. The van der Waals surface area contributed by atoms with Crippen LogP contribution in [0.2, 0.25) is 0 Å². The topological polar surface area (TPSA) is 82.1 Å². The Balaban J connectivity index is 1.51. The highest BCUT2D eigenvalue weighted by Crippen LogP contribution is 2.27. The molecular formula is C19H23N3O4S. The summed E-state index contributed by atoms with van der Waals surface area (Å²) in [5, 5.41) is 15.1. The van der Waals surface area contributed by atoms with Crippen LogP contribution in [-0.2, 0) is 9.53 Å². The third kappa shape index (κ3) is 4.78. The van der Waals surface area contributed by atoms with E-state index >= 15 is 0 Å². The summed E-state index contributed by atoms with van der Waals surface area (Å²) in [5.41, 5.74) is 1.21. The number of rotatable bonds is 6. The minimum absolute atomic E-state index is 0.154. The Hall–Kier alpha value is -2.58. The lowest BCUT2D eigenvalue weighted by molar-refractivity contribution is -0.117. The van der Waals surface area contributed by atoms with Crippen LogP contribution in [0.25, 0.3) is 0 Å². The lowest BCUT2D eigenvalue weighted by Gasteiger charge is -2.35. The monoisotopic (exact) mass is 389 g/mol. The molecule has 2 aromatic rings. The lowest BCUT2D eigenvalue weighted by Crippen LogP contribution is -2.48. The van der Waals surface area contributed by atoms with E-state index in [2.05, 4.69) is 15.1 Å². The molecule has 0 spiro atoms. The molecule has 27 heavy (non-hydrogen) atoms. The van der Waals surface area contributed by atoms with Gasteiger partial charge in [-0.25, -0.2) is 4.79 Å². The number of nitrogens with zero attached hydrogens (tertiary/aromatic N) is 2. The highest BCUT2D eigenvalue weighted by Gasteiger charge is 2.22. The van der Waals surface area contributed by atoms with Gasteiger partial charge in [0, 0.05) is 26.2 Å². The Morgan fingerprint density at radius 3 is 2.63 bits per heavy atom. The van der Waals surface area contributed by atoms with Gasteiger partial charge in [-0.15, -0.1) is 11.3 Å². The van der Waals surface area contributed by atoms with Gasteiger partial charge in [0.1, 0.15) is 10.8 Å². The van der Waals surface area contributed by atoms with E-state index in [9.17, 15) is 14.7 Å². The maximum Gasteiger partial charge on any atom is 0.341 e. The molecule has 1 aromatic heterocycles. The standard InChI is InChI=1S/C19H23N3O4S/c1-2-26-19(25)14-7-12-27-18(14)20-17(24)13-21-8-10-22(11-9-21)15-5-3-4-6-16(15)23/h3-7,12,23H,2,8-11,13H2,1H3,(H,20,24). The number of aromatic hydroxyl groups is 1. The van der Waals surface area contributed by atoms with Crippen molar-refractivity contribution in [1.82, 2.24) is 4.90 Å². The first-order chi connectivity index (χ1) is 13.1. The Morgan fingerprint density at radius 2 is 1.93 bits per heavy atom. The molecule has 3 rings (SSSR count). The summed E-state index contributed by atoms with van der Waals surface area (Å²) in [6, 6.07) is 8.93. The van der Waals surface area contributed by atoms with Gasteiger partial charge in [-0.3, -0.25) is 9.69 Å². The van der Waals surface area contributed by atoms with Gasteiger partial charge in [-0.2, -0.15) is 0 Å². The van der Waals surface area contributed by atoms with E-state index in [0.29, 0.717) is 17.2 Å². The SMILES string of the molecule is CCOC(=O)c1ccsc1NC(=O)CN1CCN(c2ccccc2O)CC1. The van der Waals surface area contributed by atoms with Crippen molar-refractivity contribution in [1.29, 1.82) is 0 Å². The number of nitrogens with one attached hydrogen (secondary N) is 1. The fourth-order valence-corrected chi connectivity index (χ4v) is 3.81. The normalized spacial score (nSPS) is 14.8. The quantitative estimate of drug-likeness (QED) is 0.739. The molecule has 0 unspecified atom stereocenters. The van der Waals surface area contributed by atoms with E-state index in [1.54, 1.807) is 30.5 Å². The van der Waals surface area contributed by atoms with Crippen LogP contribution in [0.3, 0.4) is 0 Å². The van der Waals surface area contributed by atoms with Crippen molar-refractivity contribution >= 4 is 33.9 Å². The molecule has 0 bridgehead atoms. The summed E-state index contributed by atoms with van der Waals surface area (Å²) in [5.74, 6) is -0.308. The summed E-state index contributed by atoms with van der Waals surface area (Å²) in [6.07, 6.45) is 0. The maximum absolute atomic E-state index is 12.4. The first-order valence-corrected chi connectivity index (χ1v) is 9.76. The van der Waals surface area contributed by atoms with E-state index < -0.39 is 5.97 Å². The van der Waals surface area contributed by atoms with Crippen LogP contribution in [0.5, 0.6) is 5.75 Å². The zero-order valence-electron chi connectivity index (χ0n) is 15.2. The first-order valence-electron chi connectivity index (χ1n) is 8.88. The van der Waals surface area contributed by atoms with Gasteiger partial charge < -0.3 is 20.1 Å². The number of ether oxygens (including phenoxy) is 1. The molecular weight excluding hydrogens is 366 g/mol. The molecule has 2 N–H and O–H groups in total. The summed E-state index contributed by atoms with van der Waals surface area (Å²) in [7, 11) is 0. The summed E-state index contributed by atoms with van der Waals surface area (Å²) < 4.78 is 5.00. The van der Waals surface area contributed by atoms with Gasteiger partial charge in [-0.05, 0) is 30.5 Å². The van der Waals surface area contributed by atoms with Crippen LogP contribution in [0.4, 0.5) is 10.7 Å². The minimum atomic E-state index is -0.426. The molecule has 1 aliphatic heterocycles. The van der Waals surface area contributed by atoms with Gasteiger partial charge in [0.2, 0.25) is 5.91 Å². The van der Waals surface area contributed by atoms with Crippen LogP contribution in [0.15, 0.2) is 35.7 Å². The highest BCUT2D eigenvalue weighted by atomic mass is 32.1. The van der Waals surface area contributed by atoms with Gasteiger partial charge >= 0.3 is 5.97 Å². The highest BCUT2D eigenvalue weighted by molar-refractivity contribution is 7.14. The average Bonchev–Trinajstić information content (AvgIpc) is 3.11. The number of anilines is 2. The van der Waals surface area contributed by atoms with Crippen LogP contribution < -0.4 is 10.2 Å². The van der Waals surface area contributed by atoms with Crippen LogP contribution >= 0.6 is 11.3 Å². The Labute approximate surface area is 162 Å². The molecule has 0 atom stereocenters. The van der Waals surface area contributed by atoms with Crippen molar-refractivity contribution in [2.75, 3.05) is 49.5 Å². The second-order valence-corrected chi connectivity index (χ2v) is 7.10. The predicted molar refractivity (Wildman–Crippen MR) is 106 cm³/mol. The Morgan fingerprint density at radius 1 is 1.19 bits per heavy atom. The number of piperazine rings is 1. The van der Waals surface area contributed by atoms with Crippen LogP contribution in [-0.4, -0.2) is 61.2 Å². The molecule has 0 aliphatic carbocycles. The van der Waals surface area contributed by atoms with Gasteiger partial charge in [-0.1, -0.05) is 12.1 Å². The number of carbonyl (C=O) groups excluding carboxylic acids is 2. The number of esters is 1. The smallest absolute Gasteiger partial charge is 0.341 e. The summed E-state index contributed by atoms with van der Waals surface area (Å²) >= 11 is 1.31. The van der Waals surface area contributed by atoms with Gasteiger partial charge in [0.15, 0.2) is 0 Å². The fraction of sp³-hybridized carbons (Fsp3) is 0.368. The number of hydrogen-bond acceptors (Lipinski definition) is 7.